The van der Waals surface area contributed by atoms with Gasteiger partial charge in [0, 0.05) is 25.2 Å². The average molecular weight is 395 g/mol. The third-order valence-electron chi connectivity index (χ3n) is 4.38. The Morgan fingerprint density at radius 2 is 1.92 bits per heavy atom. The van der Waals surface area contributed by atoms with E-state index in [4.69, 9.17) is 27.9 Å². The first kappa shape index (κ1) is 19.9. The molecule has 1 fully saturated rings. The van der Waals surface area contributed by atoms with Crippen LogP contribution in [-0.4, -0.2) is 53.2 Å². The number of rotatable bonds is 7. The predicted octanol–water partition coefficient (Wildman–Crippen LogP) is 2.94. The fourth-order valence-electron chi connectivity index (χ4n) is 2.78. The van der Waals surface area contributed by atoms with E-state index in [9.17, 15) is 8.42 Å². The number of methoxy groups -OCH3 is 1. The first-order valence-electron chi connectivity index (χ1n) is 8.00. The molecule has 1 aromatic rings. The highest BCUT2D eigenvalue weighted by Gasteiger charge is 2.23. The summed E-state index contributed by atoms with van der Waals surface area (Å²) in [5.41, 5.74) is 0.688. The van der Waals surface area contributed by atoms with Crippen LogP contribution < -0.4 is 4.72 Å². The van der Waals surface area contributed by atoms with E-state index in [-0.39, 0.29) is 9.92 Å². The van der Waals surface area contributed by atoms with Gasteiger partial charge in [-0.3, -0.25) is 0 Å². The highest BCUT2D eigenvalue weighted by molar-refractivity contribution is 7.89. The fourth-order valence-corrected chi connectivity index (χ4v) is 4.72. The van der Waals surface area contributed by atoms with Gasteiger partial charge in [0.15, 0.2) is 0 Å². The number of hydrogen-bond donors (Lipinski definition) is 1. The Morgan fingerprint density at radius 3 is 2.54 bits per heavy atom. The number of hydrogen-bond acceptors (Lipinski definition) is 4. The third-order valence-corrected chi connectivity index (χ3v) is 6.68. The zero-order valence-corrected chi connectivity index (χ0v) is 16.3. The Bertz CT molecular complexity index is 660. The van der Waals surface area contributed by atoms with E-state index in [0.717, 1.165) is 39.1 Å². The van der Waals surface area contributed by atoms with Gasteiger partial charge in [-0.2, -0.15) is 0 Å². The summed E-state index contributed by atoms with van der Waals surface area (Å²) in [6.45, 7) is 5.78. The zero-order chi connectivity index (χ0) is 17.7. The van der Waals surface area contributed by atoms with E-state index < -0.39 is 10.0 Å². The minimum Gasteiger partial charge on any atom is -0.383 e. The highest BCUT2D eigenvalue weighted by Crippen LogP contribution is 2.28. The molecule has 1 saturated heterocycles. The maximum absolute atomic E-state index is 12.5. The van der Waals surface area contributed by atoms with Gasteiger partial charge in [0.05, 0.1) is 11.6 Å². The van der Waals surface area contributed by atoms with Crippen molar-refractivity contribution >= 4 is 33.2 Å². The van der Waals surface area contributed by atoms with Crippen LogP contribution in [0, 0.1) is 12.8 Å². The predicted molar refractivity (Wildman–Crippen MR) is 97.4 cm³/mol. The van der Waals surface area contributed by atoms with Gasteiger partial charge in [-0.15, -0.1) is 0 Å². The van der Waals surface area contributed by atoms with Gasteiger partial charge in [0.1, 0.15) is 4.90 Å². The summed E-state index contributed by atoms with van der Waals surface area (Å²) < 4.78 is 32.8. The number of piperidine rings is 1. The number of likely N-dealkylation sites (tertiary alicyclic amines) is 1. The third kappa shape index (κ3) is 5.31. The standard InChI is InChI=1S/C16H24Cl2N2O3S/c1-12-9-16(15(18)10-14(12)17)24(21,22)19-11-13-3-5-20(6-4-13)7-8-23-2/h9-10,13,19H,3-8,11H2,1-2H3. The number of aryl methyl sites for hydroxylation is 1. The Morgan fingerprint density at radius 1 is 1.25 bits per heavy atom. The average Bonchev–Trinajstić information content (AvgIpc) is 2.55. The van der Waals surface area contributed by atoms with Crippen LogP contribution in [0.15, 0.2) is 17.0 Å². The molecular formula is C16H24Cl2N2O3S. The van der Waals surface area contributed by atoms with Crippen molar-refractivity contribution in [3.05, 3.63) is 27.7 Å². The summed E-state index contributed by atoms with van der Waals surface area (Å²) >= 11 is 12.0. The Labute approximate surface area is 154 Å². The van der Waals surface area contributed by atoms with E-state index in [1.807, 2.05) is 0 Å². The van der Waals surface area contributed by atoms with E-state index in [1.165, 1.54) is 12.1 Å². The van der Waals surface area contributed by atoms with Gasteiger partial charge >= 0.3 is 0 Å². The van der Waals surface area contributed by atoms with Crippen LogP contribution in [0.5, 0.6) is 0 Å². The summed E-state index contributed by atoms with van der Waals surface area (Å²) in [5, 5.41) is 0.606. The van der Waals surface area contributed by atoms with E-state index >= 15 is 0 Å². The molecule has 0 spiro atoms. The van der Waals surface area contributed by atoms with Crippen molar-refractivity contribution in [3.8, 4) is 0 Å². The monoisotopic (exact) mass is 394 g/mol. The Kier molecular flexibility index (Phi) is 7.34. The fraction of sp³-hybridized carbons (Fsp3) is 0.625. The van der Waals surface area contributed by atoms with E-state index in [2.05, 4.69) is 9.62 Å². The molecule has 1 aromatic carbocycles. The summed E-state index contributed by atoms with van der Waals surface area (Å²) in [4.78, 5) is 2.43. The normalized spacial score (nSPS) is 17.3. The van der Waals surface area contributed by atoms with Crippen molar-refractivity contribution in [1.29, 1.82) is 0 Å². The van der Waals surface area contributed by atoms with Crippen LogP contribution in [0.1, 0.15) is 18.4 Å². The Hall–Kier alpha value is -0.370. The van der Waals surface area contributed by atoms with Gasteiger partial charge in [-0.05, 0) is 56.5 Å². The molecule has 2 rings (SSSR count). The van der Waals surface area contributed by atoms with Crippen molar-refractivity contribution < 1.29 is 13.2 Å². The summed E-state index contributed by atoms with van der Waals surface area (Å²) in [6, 6.07) is 2.99. The van der Waals surface area contributed by atoms with Gasteiger partial charge in [0.25, 0.3) is 0 Å². The van der Waals surface area contributed by atoms with Crippen LogP contribution in [-0.2, 0) is 14.8 Å². The zero-order valence-electron chi connectivity index (χ0n) is 14.0. The molecule has 0 radical (unpaired) electrons. The molecule has 24 heavy (non-hydrogen) atoms. The number of nitrogens with zero attached hydrogens (tertiary/aromatic N) is 1. The quantitative estimate of drug-likeness (QED) is 0.771. The molecule has 1 heterocycles. The highest BCUT2D eigenvalue weighted by atomic mass is 35.5. The molecule has 136 valence electrons. The van der Waals surface area contributed by atoms with Crippen molar-refractivity contribution in [2.75, 3.05) is 39.9 Å². The molecule has 0 saturated carbocycles. The van der Waals surface area contributed by atoms with Crippen molar-refractivity contribution in [2.45, 2.75) is 24.7 Å². The first-order chi connectivity index (χ1) is 11.3. The number of benzene rings is 1. The van der Waals surface area contributed by atoms with Crippen molar-refractivity contribution in [1.82, 2.24) is 9.62 Å². The lowest BCUT2D eigenvalue weighted by Crippen LogP contribution is -2.39. The first-order valence-corrected chi connectivity index (χ1v) is 10.2. The largest absolute Gasteiger partial charge is 0.383 e. The van der Waals surface area contributed by atoms with Gasteiger partial charge < -0.3 is 9.64 Å². The molecule has 0 atom stereocenters. The second kappa shape index (κ2) is 8.83. The van der Waals surface area contributed by atoms with Crippen LogP contribution in [0.3, 0.4) is 0 Å². The van der Waals surface area contributed by atoms with E-state index in [1.54, 1.807) is 14.0 Å². The van der Waals surface area contributed by atoms with Crippen LogP contribution in [0.2, 0.25) is 10.0 Å². The maximum atomic E-state index is 12.5. The summed E-state index contributed by atoms with van der Waals surface area (Å²) in [7, 11) is -1.93. The lowest BCUT2D eigenvalue weighted by Gasteiger charge is -2.31. The topological polar surface area (TPSA) is 58.6 Å². The van der Waals surface area contributed by atoms with E-state index in [0.29, 0.717) is 23.0 Å². The molecule has 0 aliphatic carbocycles. The number of ether oxygens (including phenoxy) is 1. The second-order valence-electron chi connectivity index (χ2n) is 6.16. The molecule has 8 heteroatoms. The lowest BCUT2D eigenvalue weighted by atomic mass is 9.97. The minimum absolute atomic E-state index is 0.0867. The van der Waals surface area contributed by atoms with Crippen LogP contribution >= 0.6 is 23.2 Å². The molecule has 5 nitrogen and oxygen atoms in total. The Balaban J connectivity index is 1.91. The molecule has 0 aromatic heterocycles. The molecule has 1 aliphatic rings. The molecule has 1 N–H and O–H groups in total. The molecule has 1 aliphatic heterocycles. The molecule has 0 bridgehead atoms. The second-order valence-corrected chi connectivity index (χ2v) is 8.71. The van der Waals surface area contributed by atoms with Gasteiger partial charge in [0.2, 0.25) is 10.0 Å². The SMILES string of the molecule is COCCN1CCC(CNS(=O)(=O)c2cc(C)c(Cl)cc2Cl)CC1. The van der Waals surface area contributed by atoms with Crippen molar-refractivity contribution in [2.24, 2.45) is 5.92 Å². The van der Waals surface area contributed by atoms with Gasteiger partial charge in [-0.1, -0.05) is 23.2 Å². The smallest absolute Gasteiger partial charge is 0.242 e. The summed E-state index contributed by atoms with van der Waals surface area (Å²) in [5.74, 6) is 0.339. The number of halogens is 2. The lowest BCUT2D eigenvalue weighted by molar-refractivity contribution is 0.121. The molecule has 0 unspecified atom stereocenters. The van der Waals surface area contributed by atoms with Crippen LogP contribution in [0.25, 0.3) is 0 Å². The summed E-state index contributed by atoms with van der Waals surface area (Å²) in [6.07, 6.45) is 1.94. The number of nitrogens with one attached hydrogen (secondary N) is 1. The molecule has 0 amide bonds. The molecular weight excluding hydrogens is 371 g/mol. The van der Waals surface area contributed by atoms with Crippen molar-refractivity contribution in [3.63, 3.8) is 0 Å². The minimum atomic E-state index is -3.63. The van der Waals surface area contributed by atoms with Gasteiger partial charge in [-0.25, -0.2) is 13.1 Å². The maximum Gasteiger partial charge on any atom is 0.242 e. The number of sulfonamides is 1. The van der Waals surface area contributed by atoms with Crippen LogP contribution in [0.4, 0.5) is 0 Å².